The van der Waals surface area contributed by atoms with Gasteiger partial charge in [-0.05, 0) is 34.6 Å². The van der Waals surface area contributed by atoms with Crippen molar-refractivity contribution in [2.24, 2.45) is 4.99 Å². The van der Waals surface area contributed by atoms with Gasteiger partial charge >= 0.3 is 6.09 Å². The highest BCUT2D eigenvalue weighted by Crippen LogP contribution is 2.25. The van der Waals surface area contributed by atoms with Gasteiger partial charge in [0.05, 0.1) is 18.7 Å². The van der Waals surface area contributed by atoms with Crippen LogP contribution in [0.1, 0.15) is 41.0 Å². The third-order valence-corrected chi connectivity index (χ3v) is 3.42. The average molecular weight is 297 g/mol. The van der Waals surface area contributed by atoms with Gasteiger partial charge < -0.3 is 15.2 Å². The van der Waals surface area contributed by atoms with E-state index in [4.69, 9.17) is 4.74 Å². The first-order chi connectivity index (χ1) is 9.49. The van der Waals surface area contributed by atoms with Crippen LogP contribution in [0.5, 0.6) is 0 Å². The predicted octanol–water partition coefficient (Wildman–Crippen LogP) is 0.664. The van der Waals surface area contributed by atoms with Gasteiger partial charge in [0.25, 0.3) is 5.91 Å². The fraction of sp³-hybridized carbons (Fsp3) is 0.786. The smallest absolute Gasteiger partial charge is 0.411 e. The summed E-state index contributed by atoms with van der Waals surface area (Å²) in [4.78, 5) is 29.8. The Morgan fingerprint density at radius 1 is 1.48 bits per heavy atom. The van der Waals surface area contributed by atoms with Crippen molar-refractivity contribution in [3.05, 3.63) is 0 Å². The maximum atomic E-state index is 12.2. The summed E-state index contributed by atoms with van der Waals surface area (Å²) in [6.07, 6.45) is -0.814. The number of aliphatic hydroxyl groups is 1. The van der Waals surface area contributed by atoms with Gasteiger partial charge in [-0.3, -0.25) is 14.7 Å². The van der Waals surface area contributed by atoms with Gasteiger partial charge in [0.15, 0.2) is 0 Å². The first-order valence-electron chi connectivity index (χ1n) is 7.08. The number of aliphatic imine (C=N–C) groups is 1. The van der Waals surface area contributed by atoms with Gasteiger partial charge in [-0.2, -0.15) is 0 Å². The van der Waals surface area contributed by atoms with Crippen LogP contribution in [0.4, 0.5) is 4.79 Å². The molecule has 0 aromatic carbocycles. The van der Waals surface area contributed by atoms with E-state index in [1.807, 2.05) is 0 Å². The molecule has 0 aromatic heterocycles. The lowest BCUT2D eigenvalue weighted by molar-refractivity contribution is -0.122. The van der Waals surface area contributed by atoms with Crippen molar-refractivity contribution in [3.8, 4) is 0 Å². The highest BCUT2D eigenvalue weighted by Gasteiger charge is 2.44. The Kier molecular flexibility index (Phi) is 3.73. The summed E-state index contributed by atoms with van der Waals surface area (Å²) < 4.78 is 5.35. The zero-order chi connectivity index (χ0) is 16.0. The second kappa shape index (κ2) is 4.98. The summed E-state index contributed by atoms with van der Waals surface area (Å²) in [6.45, 7) is 8.94. The third-order valence-electron chi connectivity index (χ3n) is 3.42. The standard InChI is InChI=1S/C14H23N3O4/c1-13(2,3)21-12(20)17-7-8(18)6-9(17)10-15-11(19)14(4,5)16-10/h8-9,18H,6-7H2,1-5H3,(H,15,16,19). The minimum Gasteiger partial charge on any atom is -0.444 e. The van der Waals surface area contributed by atoms with Crippen molar-refractivity contribution in [3.63, 3.8) is 0 Å². The van der Waals surface area contributed by atoms with Crippen molar-refractivity contribution < 1.29 is 19.4 Å². The molecular formula is C14H23N3O4. The van der Waals surface area contributed by atoms with Crippen molar-refractivity contribution >= 4 is 17.8 Å². The van der Waals surface area contributed by atoms with Crippen molar-refractivity contribution in [2.45, 2.75) is 64.3 Å². The van der Waals surface area contributed by atoms with Crippen molar-refractivity contribution in [1.29, 1.82) is 0 Å². The monoisotopic (exact) mass is 297 g/mol. The maximum Gasteiger partial charge on any atom is 0.411 e. The number of β-amino-alcohol motifs (C(OH)–C–C–N with tert-alkyl or cyclic N) is 1. The summed E-state index contributed by atoms with van der Waals surface area (Å²) in [5.74, 6) is 0.218. The van der Waals surface area contributed by atoms with Crippen LogP contribution in [0.25, 0.3) is 0 Å². The Labute approximate surface area is 124 Å². The van der Waals surface area contributed by atoms with Crippen LogP contribution in [0.3, 0.4) is 0 Å². The molecule has 0 saturated carbocycles. The molecule has 0 spiro atoms. The second-order valence-corrected chi connectivity index (χ2v) is 7.05. The third kappa shape index (κ3) is 3.34. The number of nitrogens with one attached hydrogen (secondary N) is 1. The molecule has 0 aliphatic carbocycles. The maximum absolute atomic E-state index is 12.2. The highest BCUT2D eigenvalue weighted by atomic mass is 16.6. The van der Waals surface area contributed by atoms with E-state index < -0.39 is 29.4 Å². The SMILES string of the molecule is CC(C)(C)OC(=O)N1CC(O)CC1C1=NC(C)(C)C(=O)N1. The molecule has 2 aliphatic rings. The molecule has 2 heterocycles. The number of aliphatic hydroxyl groups excluding tert-OH is 1. The van der Waals surface area contributed by atoms with Crippen molar-refractivity contribution in [1.82, 2.24) is 10.2 Å². The lowest BCUT2D eigenvalue weighted by Crippen LogP contribution is -2.47. The molecule has 7 heteroatoms. The van der Waals surface area contributed by atoms with E-state index >= 15 is 0 Å². The average Bonchev–Trinajstić information content (AvgIpc) is 2.78. The van der Waals surface area contributed by atoms with Crippen LogP contribution in [0.15, 0.2) is 4.99 Å². The lowest BCUT2D eigenvalue weighted by atomic mass is 10.1. The minimum atomic E-state index is -0.845. The van der Waals surface area contributed by atoms with Crippen LogP contribution in [-0.2, 0) is 9.53 Å². The van der Waals surface area contributed by atoms with Crippen molar-refractivity contribution in [2.75, 3.05) is 6.54 Å². The van der Waals surface area contributed by atoms with Crippen LogP contribution >= 0.6 is 0 Å². The predicted molar refractivity (Wildman–Crippen MR) is 77.0 cm³/mol. The first kappa shape index (κ1) is 15.8. The Balaban J connectivity index is 2.18. The quantitative estimate of drug-likeness (QED) is 0.744. The largest absolute Gasteiger partial charge is 0.444 e. The topological polar surface area (TPSA) is 91.2 Å². The zero-order valence-electron chi connectivity index (χ0n) is 13.1. The summed E-state index contributed by atoms with van der Waals surface area (Å²) in [7, 11) is 0. The van der Waals surface area contributed by atoms with Crippen LogP contribution in [0, 0.1) is 0 Å². The second-order valence-electron chi connectivity index (χ2n) is 7.05. The van der Waals surface area contributed by atoms with E-state index in [9.17, 15) is 14.7 Å². The normalized spacial score (nSPS) is 28.4. The van der Waals surface area contributed by atoms with Crippen LogP contribution in [-0.4, -0.2) is 57.7 Å². The molecular weight excluding hydrogens is 274 g/mol. The summed E-state index contributed by atoms with van der Waals surface area (Å²) >= 11 is 0. The van der Waals surface area contributed by atoms with Gasteiger partial charge in [0.2, 0.25) is 0 Å². The minimum absolute atomic E-state index is 0.175. The van der Waals surface area contributed by atoms with Gasteiger partial charge in [0.1, 0.15) is 17.0 Å². The number of amides is 2. The molecule has 2 aliphatic heterocycles. The molecule has 2 unspecified atom stereocenters. The van der Waals surface area contributed by atoms with E-state index in [1.165, 1.54) is 4.90 Å². The molecule has 0 radical (unpaired) electrons. The first-order valence-corrected chi connectivity index (χ1v) is 7.08. The van der Waals surface area contributed by atoms with Gasteiger partial charge in [-0.15, -0.1) is 0 Å². The molecule has 2 amide bonds. The van der Waals surface area contributed by atoms with E-state index in [0.717, 1.165) is 0 Å². The summed E-state index contributed by atoms with van der Waals surface area (Å²) in [5.41, 5.74) is -1.46. The molecule has 2 N–H and O–H groups in total. The number of likely N-dealkylation sites (tertiary alicyclic amines) is 1. The van der Waals surface area contributed by atoms with E-state index in [1.54, 1.807) is 34.6 Å². The molecule has 21 heavy (non-hydrogen) atoms. The van der Waals surface area contributed by atoms with E-state index in [-0.39, 0.29) is 12.5 Å². The lowest BCUT2D eigenvalue weighted by Gasteiger charge is -2.28. The highest BCUT2D eigenvalue weighted by molar-refractivity contribution is 6.10. The van der Waals surface area contributed by atoms with Gasteiger partial charge in [-0.1, -0.05) is 0 Å². The van der Waals surface area contributed by atoms with E-state index in [2.05, 4.69) is 10.3 Å². The van der Waals surface area contributed by atoms with Gasteiger partial charge in [-0.25, -0.2) is 4.79 Å². The Morgan fingerprint density at radius 2 is 2.10 bits per heavy atom. The number of amidine groups is 1. The molecule has 1 fully saturated rings. The number of ether oxygens (including phenoxy) is 1. The number of carbonyl (C=O) groups is 2. The number of rotatable bonds is 1. The molecule has 2 atom stereocenters. The number of nitrogens with zero attached hydrogens (tertiary/aromatic N) is 2. The van der Waals surface area contributed by atoms with Crippen LogP contribution < -0.4 is 5.32 Å². The van der Waals surface area contributed by atoms with Crippen LogP contribution in [0.2, 0.25) is 0 Å². The number of hydrogen-bond acceptors (Lipinski definition) is 5. The molecule has 118 valence electrons. The Hall–Kier alpha value is -1.63. The van der Waals surface area contributed by atoms with Gasteiger partial charge in [0, 0.05) is 6.42 Å². The fourth-order valence-corrected chi connectivity index (χ4v) is 2.40. The van der Waals surface area contributed by atoms with E-state index in [0.29, 0.717) is 12.3 Å². The Morgan fingerprint density at radius 3 is 2.57 bits per heavy atom. The fourth-order valence-electron chi connectivity index (χ4n) is 2.40. The summed E-state index contributed by atoms with van der Waals surface area (Å²) in [6, 6.07) is -0.458. The number of hydrogen-bond donors (Lipinski definition) is 2. The molecule has 2 rings (SSSR count). The molecule has 0 aromatic rings. The molecule has 7 nitrogen and oxygen atoms in total. The zero-order valence-corrected chi connectivity index (χ0v) is 13.1. The Bertz CT molecular complexity index is 493. The number of carbonyl (C=O) groups excluding carboxylic acids is 2. The summed E-state index contributed by atoms with van der Waals surface area (Å²) in [5, 5.41) is 12.6. The molecule has 0 bridgehead atoms. The molecule has 1 saturated heterocycles.